The smallest absolute Gasteiger partial charge is 0.309 e. The number of hydrogen-bond donors (Lipinski definition) is 5. The molecule has 0 unspecified atom stereocenters. The lowest BCUT2D eigenvalue weighted by molar-refractivity contribution is -0.745. The quantitative estimate of drug-likeness (QED) is 0.388. The molecule has 1 fully saturated rings. The van der Waals surface area contributed by atoms with Crippen LogP contribution < -0.4 is 9.88 Å². The Bertz CT molecular complexity index is 887. The first kappa shape index (κ1) is 16.9. The van der Waals surface area contributed by atoms with Gasteiger partial charge >= 0.3 is 5.65 Å². The highest BCUT2D eigenvalue weighted by Crippen LogP contribution is 2.27. The van der Waals surface area contributed by atoms with Gasteiger partial charge in [-0.2, -0.15) is 4.98 Å². The van der Waals surface area contributed by atoms with Gasteiger partial charge in [0.1, 0.15) is 18.3 Å². The predicted molar refractivity (Wildman–Crippen MR) is 90.9 cm³/mol. The number of hydrogen-bond acceptors (Lipinski definition) is 7. The van der Waals surface area contributed by atoms with E-state index in [0.717, 1.165) is 5.56 Å². The molecule has 0 amide bonds. The van der Waals surface area contributed by atoms with Crippen molar-refractivity contribution in [3.63, 3.8) is 0 Å². The molecule has 4 atom stereocenters. The zero-order valence-corrected chi connectivity index (χ0v) is 13.9. The maximum atomic E-state index is 10.2. The molecule has 9 nitrogen and oxygen atoms in total. The lowest BCUT2D eigenvalue weighted by Crippen LogP contribution is -2.45. The number of nitrogens with zero attached hydrogens (tertiary/aromatic N) is 3. The number of nitrogens with one attached hydrogen (secondary N) is 2. The van der Waals surface area contributed by atoms with Crippen LogP contribution in [-0.2, 0) is 11.3 Å². The van der Waals surface area contributed by atoms with Gasteiger partial charge in [-0.25, -0.2) is 4.57 Å². The summed E-state index contributed by atoms with van der Waals surface area (Å²) in [6.45, 7) is 0.219. The van der Waals surface area contributed by atoms with Crippen molar-refractivity contribution < 1.29 is 24.6 Å². The number of rotatable bonds is 5. The Morgan fingerprint density at radius 1 is 1.15 bits per heavy atom. The average Bonchev–Trinajstić information content (AvgIpc) is 3.23. The van der Waals surface area contributed by atoms with Gasteiger partial charge in [-0.15, -0.1) is 0 Å². The fraction of sp³-hybridized carbons (Fsp3) is 0.353. The zero-order chi connectivity index (χ0) is 18.1. The summed E-state index contributed by atoms with van der Waals surface area (Å²) in [6.07, 6.45) is -1.01. The van der Waals surface area contributed by atoms with Gasteiger partial charge < -0.3 is 25.4 Å². The molecular weight excluding hydrogens is 338 g/mol. The molecule has 0 bridgehead atoms. The molecule has 0 radical (unpaired) electrons. The molecule has 1 aromatic carbocycles. The minimum Gasteiger partial charge on any atom is -0.394 e. The van der Waals surface area contributed by atoms with Crippen LogP contribution in [0.25, 0.3) is 11.2 Å². The van der Waals surface area contributed by atoms with Crippen molar-refractivity contribution in [2.45, 2.75) is 31.1 Å². The standard InChI is InChI=1S/C17H19N5O4/c23-7-11-13(24)14(25)17(26-11)22-9-21-12-15(19-8-20-16(12)22)18-6-10-4-2-1-3-5-10/h1-5,8-9,11,13-14,17,23-25H,6-7H2,(H,18,19,20)/p+1/t11-,13+,14+,17-/m1/s1. The summed E-state index contributed by atoms with van der Waals surface area (Å²) in [6, 6.07) is 9.92. The number of H-pyrrole nitrogens is 1. The van der Waals surface area contributed by atoms with Crippen molar-refractivity contribution in [3.8, 4) is 0 Å². The third-order valence-corrected chi connectivity index (χ3v) is 4.51. The Morgan fingerprint density at radius 2 is 1.96 bits per heavy atom. The van der Waals surface area contributed by atoms with E-state index in [-0.39, 0.29) is 6.61 Å². The Morgan fingerprint density at radius 3 is 2.69 bits per heavy atom. The van der Waals surface area contributed by atoms with Crippen LogP contribution >= 0.6 is 0 Å². The summed E-state index contributed by atoms with van der Waals surface area (Å²) in [7, 11) is 0. The molecule has 1 saturated heterocycles. The van der Waals surface area contributed by atoms with Crippen LogP contribution in [0.4, 0.5) is 5.82 Å². The monoisotopic (exact) mass is 358 g/mol. The van der Waals surface area contributed by atoms with Gasteiger partial charge in [0.2, 0.25) is 11.7 Å². The number of aliphatic hydroxyl groups is 3. The molecule has 2 aromatic heterocycles. The molecule has 5 N–H and O–H groups in total. The van der Waals surface area contributed by atoms with E-state index >= 15 is 0 Å². The van der Waals surface area contributed by atoms with E-state index in [4.69, 9.17) is 4.74 Å². The van der Waals surface area contributed by atoms with E-state index in [0.29, 0.717) is 23.5 Å². The fourth-order valence-corrected chi connectivity index (χ4v) is 3.12. The maximum Gasteiger partial charge on any atom is 0.309 e. The molecule has 9 heteroatoms. The van der Waals surface area contributed by atoms with Gasteiger partial charge in [-0.1, -0.05) is 35.3 Å². The molecule has 3 heterocycles. The average molecular weight is 358 g/mol. The third-order valence-electron chi connectivity index (χ3n) is 4.51. The topological polar surface area (TPSA) is 127 Å². The molecule has 4 rings (SSSR count). The number of anilines is 1. The second-order valence-electron chi connectivity index (χ2n) is 6.17. The minimum atomic E-state index is -1.17. The first-order valence-electron chi connectivity index (χ1n) is 8.32. The summed E-state index contributed by atoms with van der Waals surface area (Å²) in [4.78, 5) is 11.6. The van der Waals surface area contributed by atoms with Crippen LogP contribution in [0.15, 0.2) is 43.0 Å². The summed E-state index contributed by atoms with van der Waals surface area (Å²) < 4.78 is 7.16. The zero-order valence-electron chi connectivity index (χ0n) is 13.9. The second kappa shape index (κ2) is 6.96. The van der Waals surface area contributed by atoms with Crippen molar-refractivity contribution >= 4 is 17.0 Å². The first-order chi connectivity index (χ1) is 12.7. The fourth-order valence-electron chi connectivity index (χ4n) is 3.12. The van der Waals surface area contributed by atoms with Crippen molar-refractivity contribution in [2.75, 3.05) is 11.9 Å². The van der Waals surface area contributed by atoms with E-state index in [9.17, 15) is 15.3 Å². The molecule has 0 spiro atoms. The van der Waals surface area contributed by atoms with Crippen molar-refractivity contribution in [1.82, 2.24) is 15.0 Å². The largest absolute Gasteiger partial charge is 0.394 e. The number of fused-ring (bicyclic) bond motifs is 1. The molecule has 1 aliphatic heterocycles. The van der Waals surface area contributed by atoms with Gasteiger partial charge in [-0.05, 0) is 5.56 Å². The van der Waals surface area contributed by atoms with E-state index in [1.807, 2.05) is 30.3 Å². The minimum absolute atomic E-state index is 0.378. The molecule has 3 aromatic rings. The number of aromatic nitrogens is 4. The molecule has 26 heavy (non-hydrogen) atoms. The predicted octanol–water partition coefficient (Wildman–Crippen LogP) is -0.531. The number of aliphatic hydroxyl groups excluding tert-OH is 3. The Labute approximate surface area is 148 Å². The number of benzene rings is 1. The Hall–Kier alpha value is -2.59. The van der Waals surface area contributed by atoms with Gasteiger partial charge in [-0.3, -0.25) is 4.98 Å². The van der Waals surface area contributed by atoms with Gasteiger partial charge in [0.25, 0.3) is 0 Å². The summed E-state index contributed by atoms with van der Waals surface area (Å²) in [5.74, 6) is 0.615. The van der Waals surface area contributed by atoms with Crippen LogP contribution in [0.5, 0.6) is 0 Å². The highest BCUT2D eigenvalue weighted by molar-refractivity contribution is 5.79. The Kier molecular flexibility index (Phi) is 4.51. The first-order valence-corrected chi connectivity index (χ1v) is 8.32. The summed E-state index contributed by atoms with van der Waals surface area (Å²) in [5.41, 5.74) is 2.29. The Balaban J connectivity index is 1.61. The lowest BCUT2D eigenvalue weighted by atomic mass is 10.1. The SMILES string of the molecule is OC[C@H]1O[C@@H]([n+]2c[nH]c3c(NCc4ccccc4)ncnc32)[C@@H](O)[C@H]1O. The van der Waals surface area contributed by atoms with Crippen LogP contribution in [0.1, 0.15) is 11.8 Å². The molecule has 136 valence electrons. The van der Waals surface area contributed by atoms with Crippen LogP contribution in [0.2, 0.25) is 0 Å². The third kappa shape index (κ3) is 2.90. The summed E-state index contributed by atoms with van der Waals surface area (Å²) in [5, 5.41) is 32.7. The van der Waals surface area contributed by atoms with Crippen molar-refractivity contribution in [2.24, 2.45) is 0 Å². The van der Waals surface area contributed by atoms with Gasteiger partial charge in [0.05, 0.1) is 6.61 Å². The normalized spacial score (nSPS) is 25.7. The molecule has 0 saturated carbocycles. The van der Waals surface area contributed by atoms with Gasteiger partial charge in [0.15, 0.2) is 18.5 Å². The molecule has 1 aliphatic rings. The van der Waals surface area contributed by atoms with Crippen molar-refractivity contribution in [1.29, 1.82) is 0 Å². The lowest BCUT2D eigenvalue weighted by Gasteiger charge is -2.12. The molecule has 0 aliphatic carbocycles. The number of imidazole rings is 1. The summed E-state index contributed by atoms with van der Waals surface area (Å²) >= 11 is 0. The van der Waals surface area contributed by atoms with E-state index in [2.05, 4.69) is 20.3 Å². The van der Waals surface area contributed by atoms with Crippen LogP contribution in [0, 0.1) is 0 Å². The number of aromatic amines is 1. The molecular formula is C17H20N5O4+. The highest BCUT2D eigenvalue weighted by atomic mass is 16.6. The van der Waals surface area contributed by atoms with E-state index < -0.39 is 24.5 Å². The highest BCUT2D eigenvalue weighted by Gasteiger charge is 2.46. The van der Waals surface area contributed by atoms with E-state index in [1.54, 1.807) is 10.9 Å². The maximum absolute atomic E-state index is 10.2. The second-order valence-corrected chi connectivity index (χ2v) is 6.17. The van der Waals surface area contributed by atoms with Crippen LogP contribution in [-0.4, -0.2) is 55.2 Å². The van der Waals surface area contributed by atoms with E-state index in [1.165, 1.54) is 6.33 Å². The van der Waals surface area contributed by atoms with Crippen LogP contribution in [0.3, 0.4) is 0 Å². The number of ether oxygens (including phenoxy) is 1. The van der Waals surface area contributed by atoms with Gasteiger partial charge in [0, 0.05) is 6.54 Å². The van der Waals surface area contributed by atoms with Crippen molar-refractivity contribution in [3.05, 3.63) is 48.5 Å².